The van der Waals surface area contributed by atoms with E-state index in [4.69, 9.17) is 5.73 Å². The second-order valence-electron chi connectivity index (χ2n) is 9.23. The molecule has 0 aromatic heterocycles. The van der Waals surface area contributed by atoms with E-state index in [2.05, 4.69) is 114 Å². The van der Waals surface area contributed by atoms with Crippen molar-refractivity contribution in [3.05, 3.63) is 137 Å². The first-order valence-corrected chi connectivity index (χ1v) is 14.2. The van der Waals surface area contributed by atoms with Crippen LogP contribution >= 0.6 is 11.8 Å². The van der Waals surface area contributed by atoms with E-state index in [-0.39, 0.29) is 12.1 Å². The molecule has 0 saturated carbocycles. The monoisotopic (exact) mass is 505 g/mol. The molecule has 2 atom stereocenters. The molecule has 3 nitrogen and oxygen atoms in total. The van der Waals surface area contributed by atoms with E-state index < -0.39 is 0 Å². The van der Waals surface area contributed by atoms with Gasteiger partial charge in [0, 0.05) is 21.9 Å². The van der Waals surface area contributed by atoms with Crippen molar-refractivity contribution in [3.63, 3.8) is 0 Å². The molecular formula is C33H35N3S. The number of aryl methyl sites for hydroxylation is 1. The molecule has 2 unspecified atom stereocenters. The van der Waals surface area contributed by atoms with E-state index in [0.717, 1.165) is 35.7 Å². The fraction of sp³-hybridized carbons (Fsp3) is 0.212. The van der Waals surface area contributed by atoms with Gasteiger partial charge in [-0.2, -0.15) is 0 Å². The van der Waals surface area contributed by atoms with Crippen LogP contribution in [0.3, 0.4) is 0 Å². The summed E-state index contributed by atoms with van der Waals surface area (Å²) in [6.07, 6.45) is 10.6. The molecule has 1 aliphatic heterocycles. The standard InChI is InChI=1S/C31H29N3S.C2H6/c32-26-18-17-22-15-16-24(19-25(22)31(26)35-20-21-9-3-1-4-10-21)30-29(23-11-5-2-6-12-23)33-27-13-7-8-14-28(27)34-30;1-2/h1-16,19,27-28,33-34H,17-18,20,32H2;1-2H3. The highest BCUT2D eigenvalue weighted by atomic mass is 32.2. The van der Waals surface area contributed by atoms with Crippen LogP contribution in [0.5, 0.6) is 0 Å². The zero-order chi connectivity index (χ0) is 25.6. The van der Waals surface area contributed by atoms with E-state index in [9.17, 15) is 0 Å². The minimum Gasteiger partial charge on any atom is -0.401 e. The largest absolute Gasteiger partial charge is 0.401 e. The molecule has 0 fully saturated rings. The summed E-state index contributed by atoms with van der Waals surface area (Å²) >= 11 is 1.85. The predicted molar refractivity (Wildman–Crippen MR) is 160 cm³/mol. The van der Waals surface area contributed by atoms with Crippen LogP contribution in [0.1, 0.15) is 48.1 Å². The first-order valence-electron chi connectivity index (χ1n) is 13.2. The maximum Gasteiger partial charge on any atom is 0.0686 e. The number of allylic oxidation sites excluding steroid dienone is 3. The van der Waals surface area contributed by atoms with Crippen LogP contribution in [0.25, 0.3) is 16.3 Å². The molecule has 0 bridgehead atoms. The fourth-order valence-electron chi connectivity index (χ4n) is 5.04. The molecular weight excluding hydrogens is 470 g/mol. The minimum absolute atomic E-state index is 0.214. The Bertz CT molecular complexity index is 1350. The summed E-state index contributed by atoms with van der Waals surface area (Å²) in [6, 6.07) is 28.6. The Labute approximate surface area is 225 Å². The number of rotatable bonds is 5. The van der Waals surface area contributed by atoms with Crippen molar-refractivity contribution in [1.29, 1.82) is 0 Å². The first-order chi connectivity index (χ1) is 18.3. The van der Waals surface area contributed by atoms with Crippen LogP contribution in [0.4, 0.5) is 0 Å². The lowest BCUT2D eigenvalue weighted by molar-refractivity contribution is 0.555. The molecule has 3 aliphatic rings. The fourth-order valence-corrected chi connectivity index (χ4v) is 6.17. The van der Waals surface area contributed by atoms with Crippen molar-refractivity contribution in [2.75, 3.05) is 0 Å². The molecule has 1 heterocycles. The van der Waals surface area contributed by atoms with E-state index in [1.807, 2.05) is 25.6 Å². The van der Waals surface area contributed by atoms with Crippen LogP contribution in [0, 0.1) is 0 Å². The van der Waals surface area contributed by atoms with Gasteiger partial charge in [-0.1, -0.05) is 111 Å². The van der Waals surface area contributed by atoms with Crippen LogP contribution < -0.4 is 16.4 Å². The Morgan fingerprint density at radius 1 is 0.757 bits per heavy atom. The smallest absolute Gasteiger partial charge is 0.0686 e. The van der Waals surface area contributed by atoms with Gasteiger partial charge in [0.05, 0.1) is 23.5 Å². The Hall–Kier alpha value is -3.63. The third kappa shape index (κ3) is 5.40. The predicted octanol–water partition coefficient (Wildman–Crippen LogP) is 7.10. The highest BCUT2D eigenvalue weighted by molar-refractivity contribution is 8.07. The lowest BCUT2D eigenvalue weighted by Gasteiger charge is -2.37. The molecule has 0 radical (unpaired) electrons. The molecule has 2 aliphatic carbocycles. The van der Waals surface area contributed by atoms with Crippen LogP contribution in [-0.2, 0) is 12.2 Å². The third-order valence-electron chi connectivity index (χ3n) is 6.89. The first kappa shape index (κ1) is 25.0. The Morgan fingerprint density at radius 3 is 2.05 bits per heavy atom. The van der Waals surface area contributed by atoms with Crippen LogP contribution in [-0.4, -0.2) is 12.1 Å². The summed E-state index contributed by atoms with van der Waals surface area (Å²) in [5.74, 6) is 0.916. The summed E-state index contributed by atoms with van der Waals surface area (Å²) in [5, 5.41) is 7.64. The average molecular weight is 506 g/mol. The van der Waals surface area contributed by atoms with Gasteiger partial charge in [-0.15, -0.1) is 11.8 Å². The van der Waals surface area contributed by atoms with Crippen molar-refractivity contribution < 1.29 is 0 Å². The van der Waals surface area contributed by atoms with Gasteiger partial charge < -0.3 is 16.4 Å². The van der Waals surface area contributed by atoms with Gasteiger partial charge in [-0.25, -0.2) is 0 Å². The molecule has 188 valence electrons. The van der Waals surface area contributed by atoms with Crippen molar-refractivity contribution in [3.8, 4) is 0 Å². The molecule has 37 heavy (non-hydrogen) atoms. The summed E-state index contributed by atoms with van der Waals surface area (Å²) in [6.45, 7) is 4.00. The Morgan fingerprint density at radius 2 is 1.38 bits per heavy atom. The number of benzene rings is 3. The summed E-state index contributed by atoms with van der Waals surface area (Å²) in [5.41, 5.74) is 16.2. The van der Waals surface area contributed by atoms with Crippen molar-refractivity contribution in [1.82, 2.24) is 10.6 Å². The van der Waals surface area contributed by atoms with Gasteiger partial charge in [0.15, 0.2) is 0 Å². The second kappa shape index (κ2) is 11.6. The Kier molecular flexibility index (Phi) is 7.86. The number of hydrogen-bond acceptors (Lipinski definition) is 4. The topological polar surface area (TPSA) is 50.1 Å². The maximum atomic E-state index is 6.59. The van der Waals surface area contributed by atoms with Gasteiger partial charge in [0.1, 0.15) is 0 Å². The van der Waals surface area contributed by atoms with Crippen molar-refractivity contribution >= 4 is 28.1 Å². The average Bonchev–Trinajstić information content (AvgIpc) is 2.98. The number of fused-ring (bicyclic) bond motifs is 2. The lowest BCUT2D eigenvalue weighted by Crippen LogP contribution is -2.50. The Balaban J connectivity index is 0.00000137. The highest BCUT2D eigenvalue weighted by Gasteiger charge is 2.29. The molecule has 0 saturated heterocycles. The van der Waals surface area contributed by atoms with Gasteiger partial charge >= 0.3 is 0 Å². The number of nitrogens with one attached hydrogen (secondary N) is 2. The van der Waals surface area contributed by atoms with Gasteiger partial charge in [-0.05, 0) is 41.2 Å². The van der Waals surface area contributed by atoms with E-state index in [0.29, 0.717) is 0 Å². The molecule has 0 amide bonds. The highest BCUT2D eigenvalue weighted by Crippen LogP contribution is 2.40. The summed E-state index contributed by atoms with van der Waals surface area (Å²) in [7, 11) is 0. The van der Waals surface area contributed by atoms with Crippen molar-refractivity contribution in [2.45, 2.75) is 44.5 Å². The van der Waals surface area contributed by atoms with E-state index in [1.165, 1.54) is 32.7 Å². The SMILES string of the molecule is CC.NC1=C(SCc2ccccc2)c2cc(C3=C(c4ccccc4)NC4C=CC=CC4N3)ccc2CC1. The summed E-state index contributed by atoms with van der Waals surface area (Å²) in [4.78, 5) is 1.22. The van der Waals surface area contributed by atoms with Crippen molar-refractivity contribution in [2.24, 2.45) is 5.73 Å². The minimum atomic E-state index is 0.214. The second-order valence-corrected chi connectivity index (χ2v) is 10.2. The van der Waals surface area contributed by atoms with Crippen LogP contribution in [0.2, 0.25) is 0 Å². The molecule has 0 spiro atoms. The van der Waals surface area contributed by atoms with E-state index in [1.54, 1.807) is 0 Å². The molecule has 6 rings (SSSR count). The quantitative estimate of drug-likeness (QED) is 0.346. The normalized spacial score (nSPS) is 19.7. The van der Waals surface area contributed by atoms with Gasteiger partial charge in [0.2, 0.25) is 0 Å². The van der Waals surface area contributed by atoms with Gasteiger partial charge in [-0.3, -0.25) is 0 Å². The van der Waals surface area contributed by atoms with Crippen LogP contribution in [0.15, 0.2) is 109 Å². The summed E-state index contributed by atoms with van der Waals surface area (Å²) < 4.78 is 0. The number of nitrogens with two attached hydrogens (primary N) is 1. The van der Waals surface area contributed by atoms with Gasteiger partial charge in [0.25, 0.3) is 0 Å². The number of thioether (sulfide) groups is 1. The van der Waals surface area contributed by atoms with E-state index >= 15 is 0 Å². The molecule has 3 aromatic carbocycles. The lowest BCUT2D eigenvalue weighted by atomic mass is 9.90. The number of hydrogen-bond donors (Lipinski definition) is 3. The molecule has 3 aromatic rings. The molecule has 4 heteroatoms. The third-order valence-corrected chi connectivity index (χ3v) is 8.14. The zero-order valence-electron chi connectivity index (χ0n) is 21.6. The zero-order valence-corrected chi connectivity index (χ0v) is 22.4. The maximum absolute atomic E-state index is 6.59. The molecule has 4 N–H and O–H groups in total.